The van der Waals surface area contributed by atoms with E-state index in [2.05, 4.69) is 10.2 Å². The third kappa shape index (κ3) is 3.03. The quantitative estimate of drug-likeness (QED) is 0.751. The standard InChI is InChI=1S/C17H20N4O2/c1-11(22)16-13-6-5-12(14-7-8-20(4)18-14)9-15(13)21(19-16)10-17(2,3)23/h5-9,23H,10H2,1-4H3. The summed E-state index contributed by atoms with van der Waals surface area (Å²) in [6, 6.07) is 7.73. The van der Waals surface area contributed by atoms with Crippen LogP contribution in [0.25, 0.3) is 22.2 Å². The van der Waals surface area contributed by atoms with Crippen LogP contribution < -0.4 is 0 Å². The van der Waals surface area contributed by atoms with Crippen LogP contribution in [-0.4, -0.2) is 36.1 Å². The van der Waals surface area contributed by atoms with Crippen LogP contribution in [0.4, 0.5) is 0 Å². The molecule has 0 aliphatic rings. The number of carbonyl (C=O) groups excluding carboxylic acids is 1. The second-order valence-corrected chi connectivity index (χ2v) is 6.48. The van der Waals surface area contributed by atoms with Crippen molar-refractivity contribution in [2.45, 2.75) is 32.9 Å². The smallest absolute Gasteiger partial charge is 0.180 e. The molecular formula is C17H20N4O2. The van der Waals surface area contributed by atoms with Crippen molar-refractivity contribution in [2.24, 2.45) is 7.05 Å². The van der Waals surface area contributed by atoms with E-state index >= 15 is 0 Å². The van der Waals surface area contributed by atoms with Gasteiger partial charge in [0.25, 0.3) is 0 Å². The fraction of sp³-hybridized carbons (Fsp3) is 0.353. The predicted octanol–water partition coefficient (Wildman–Crippen LogP) is 2.41. The first-order valence-electron chi connectivity index (χ1n) is 7.48. The number of aliphatic hydroxyl groups is 1. The summed E-state index contributed by atoms with van der Waals surface area (Å²) in [5, 5.41) is 19.7. The zero-order chi connectivity index (χ0) is 16.8. The number of fused-ring (bicyclic) bond motifs is 1. The van der Waals surface area contributed by atoms with Gasteiger partial charge in [-0.1, -0.05) is 6.07 Å². The molecule has 0 saturated carbocycles. The topological polar surface area (TPSA) is 72.9 Å². The average molecular weight is 312 g/mol. The molecule has 23 heavy (non-hydrogen) atoms. The van der Waals surface area contributed by atoms with Crippen LogP contribution in [0.15, 0.2) is 30.5 Å². The van der Waals surface area contributed by atoms with Crippen molar-refractivity contribution >= 4 is 16.7 Å². The molecule has 6 heteroatoms. The van der Waals surface area contributed by atoms with Crippen LogP contribution in [0.5, 0.6) is 0 Å². The maximum absolute atomic E-state index is 11.8. The number of benzene rings is 1. The van der Waals surface area contributed by atoms with Gasteiger partial charge in [0.1, 0.15) is 5.69 Å². The van der Waals surface area contributed by atoms with Crippen LogP contribution in [0.2, 0.25) is 0 Å². The van der Waals surface area contributed by atoms with Crippen LogP contribution in [0, 0.1) is 0 Å². The number of hydrogen-bond acceptors (Lipinski definition) is 4. The maximum Gasteiger partial charge on any atom is 0.180 e. The third-order valence-corrected chi connectivity index (χ3v) is 3.63. The SMILES string of the molecule is CC(=O)c1nn(CC(C)(C)O)c2cc(-c3ccn(C)n3)ccc12. The van der Waals surface area contributed by atoms with Gasteiger partial charge in [-0.25, -0.2) is 0 Å². The number of Topliss-reactive ketones (excluding diaryl/α,β-unsaturated/α-hetero) is 1. The molecule has 2 heterocycles. The summed E-state index contributed by atoms with van der Waals surface area (Å²) < 4.78 is 3.44. The molecule has 0 unspecified atom stereocenters. The van der Waals surface area contributed by atoms with E-state index in [1.165, 1.54) is 6.92 Å². The Morgan fingerprint density at radius 1 is 1.26 bits per heavy atom. The van der Waals surface area contributed by atoms with Gasteiger partial charge in [-0.15, -0.1) is 0 Å². The Kier molecular flexibility index (Phi) is 3.56. The van der Waals surface area contributed by atoms with Gasteiger partial charge in [0.15, 0.2) is 5.78 Å². The molecule has 0 fully saturated rings. The normalized spacial score (nSPS) is 12.0. The van der Waals surface area contributed by atoms with E-state index in [1.54, 1.807) is 23.2 Å². The van der Waals surface area contributed by atoms with E-state index in [0.29, 0.717) is 12.2 Å². The minimum absolute atomic E-state index is 0.0879. The largest absolute Gasteiger partial charge is 0.389 e. The molecule has 1 N–H and O–H groups in total. The number of aromatic nitrogens is 4. The van der Waals surface area contributed by atoms with Crippen LogP contribution in [0.1, 0.15) is 31.3 Å². The fourth-order valence-corrected chi connectivity index (χ4v) is 2.65. The summed E-state index contributed by atoms with van der Waals surface area (Å²) in [4.78, 5) is 11.8. The second kappa shape index (κ2) is 5.31. The van der Waals surface area contributed by atoms with Crippen molar-refractivity contribution in [3.63, 3.8) is 0 Å². The first kappa shape index (κ1) is 15.4. The Balaban J connectivity index is 2.19. The fourth-order valence-electron chi connectivity index (χ4n) is 2.65. The number of rotatable bonds is 4. The zero-order valence-electron chi connectivity index (χ0n) is 13.7. The molecule has 0 spiro atoms. The molecule has 2 aromatic heterocycles. The summed E-state index contributed by atoms with van der Waals surface area (Å²) in [7, 11) is 1.87. The Morgan fingerprint density at radius 3 is 2.57 bits per heavy atom. The van der Waals surface area contributed by atoms with Crippen molar-refractivity contribution < 1.29 is 9.90 Å². The highest BCUT2D eigenvalue weighted by Crippen LogP contribution is 2.26. The monoisotopic (exact) mass is 312 g/mol. The molecule has 3 aromatic rings. The van der Waals surface area contributed by atoms with Crippen molar-refractivity contribution in [1.82, 2.24) is 19.6 Å². The van der Waals surface area contributed by atoms with Crippen molar-refractivity contribution in [1.29, 1.82) is 0 Å². The number of aryl methyl sites for hydroxylation is 1. The third-order valence-electron chi connectivity index (χ3n) is 3.63. The Bertz CT molecular complexity index is 884. The van der Waals surface area contributed by atoms with E-state index < -0.39 is 5.60 Å². The average Bonchev–Trinajstić information content (AvgIpc) is 3.01. The lowest BCUT2D eigenvalue weighted by molar-refractivity contribution is 0.0588. The van der Waals surface area contributed by atoms with Gasteiger partial charge in [0.2, 0.25) is 0 Å². The zero-order valence-corrected chi connectivity index (χ0v) is 13.7. The van der Waals surface area contributed by atoms with E-state index in [4.69, 9.17) is 0 Å². The first-order valence-corrected chi connectivity index (χ1v) is 7.48. The van der Waals surface area contributed by atoms with Gasteiger partial charge >= 0.3 is 0 Å². The van der Waals surface area contributed by atoms with Crippen molar-refractivity contribution in [3.8, 4) is 11.3 Å². The highest BCUT2D eigenvalue weighted by Gasteiger charge is 2.20. The van der Waals surface area contributed by atoms with E-state index in [0.717, 1.165) is 22.2 Å². The molecular weight excluding hydrogens is 292 g/mol. The van der Waals surface area contributed by atoms with Gasteiger partial charge in [-0.05, 0) is 32.0 Å². The summed E-state index contributed by atoms with van der Waals surface area (Å²) >= 11 is 0. The molecule has 120 valence electrons. The minimum atomic E-state index is -0.923. The van der Waals surface area contributed by atoms with Crippen LogP contribution >= 0.6 is 0 Å². The molecule has 0 saturated heterocycles. The number of hydrogen-bond donors (Lipinski definition) is 1. The predicted molar refractivity (Wildman–Crippen MR) is 88.2 cm³/mol. The van der Waals surface area contributed by atoms with Gasteiger partial charge < -0.3 is 5.11 Å². The lowest BCUT2D eigenvalue weighted by Gasteiger charge is -2.17. The van der Waals surface area contributed by atoms with Gasteiger partial charge in [0.05, 0.1) is 23.4 Å². The Hall–Kier alpha value is -2.47. The second-order valence-electron chi connectivity index (χ2n) is 6.48. The molecule has 0 bridgehead atoms. The van der Waals surface area contributed by atoms with E-state index in [9.17, 15) is 9.90 Å². The molecule has 0 atom stereocenters. The number of carbonyl (C=O) groups is 1. The summed E-state index contributed by atoms with van der Waals surface area (Å²) in [6.45, 7) is 5.25. The summed E-state index contributed by atoms with van der Waals surface area (Å²) in [5.41, 5.74) is 2.13. The number of nitrogens with zero attached hydrogens (tertiary/aromatic N) is 4. The highest BCUT2D eigenvalue weighted by molar-refractivity contribution is 6.05. The van der Waals surface area contributed by atoms with Gasteiger partial charge in [-0.2, -0.15) is 10.2 Å². The molecule has 0 aliphatic heterocycles. The Morgan fingerprint density at radius 2 is 2.00 bits per heavy atom. The van der Waals surface area contributed by atoms with Crippen molar-refractivity contribution in [3.05, 3.63) is 36.2 Å². The van der Waals surface area contributed by atoms with Crippen LogP contribution in [-0.2, 0) is 13.6 Å². The Labute approximate surface area is 134 Å². The van der Waals surface area contributed by atoms with Gasteiger partial charge in [-0.3, -0.25) is 14.2 Å². The summed E-state index contributed by atoms with van der Waals surface area (Å²) in [6.07, 6.45) is 1.88. The molecule has 6 nitrogen and oxygen atoms in total. The lowest BCUT2D eigenvalue weighted by atomic mass is 10.1. The van der Waals surface area contributed by atoms with Gasteiger partial charge in [0, 0.05) is 31.1 Å². The van der Waals surface area contributed by atoms with Crippen LogP contribution in [0.3, 0.4) is 0 Å². The van der Waals surface area contributed by atoms with Crippen molar-refractivity contribution in [2.75, 3.05) is 0 Å². The maximum atomic E-state index is 11.8. The molecule has 0 radical (unpaired) electrons. The molecule has 0 amide bonds. The lowest BCUT2D eigenvalue weighted by Crippen LogP contribution is -2.26. The minimum Gasteiger partial charge on any atom is -0.389 e. The molecule has 1 aromatic carbocycles. The van der Waals surface area contributed by atoms with E-state index in [1.807, 2.05) is 37.5 Å². The summed E-state index contributed by atoms with van der Waals surface area (Å²) in [5.74, 6) is -0.0879. The first-order chi connectivity index (χ1) is 10.7. The molecule has 3 rings (SSSR count). The number of ketones is 1. The van der Waals surface area contributed by atoms with E-state index in [-0.39, 0.29) is 5.78 Å². The highest BCUT2D eigenvalue weighted by atomic mass is 16.3. The molecule has 0 aliphatic carbocycles.